The first-order valence-electron chi connectivity index (χ1n) is 8.85. The summed E-state index contributed by atoms with van der Waals surface area (Å²) in [6.45, 7) is 0. The number of aromatic nitrogens is 1. The Morgan fingerprint density at radius 2 is 1.79 bits per heavy atom. The maximum atomic E-state index is 13.3. The molecule has 1 aromatic heterocycles. The highest BCUT2D eigenvalue weighted by Crippen LogP contribution is 2.29. The van der Waals surface area contributed by atoms with Crippen LogP contribution in [0, 0.1) is 5.82 Å². The van der Waals surface area contributed by atoms with Crippen LogP contribution < -0.4 is 5.43 Å². The van der Waals surface area contributed by atoms with E-state index >= 15 is 0 Å². The summed E-state index contributed by atoms with van der Waals surface area (Å²) < 4.78 is 13.3. The Morgan fingerprint density at radius 3 is 2.62 bits per heavy atom. The fourth-order valence-corrected chi connectivity index (χ4v) is 3.22. The number of benzene rings is 3. The molecule has 0 aliphatic carbocycles. The quantitative estimate of drug-likeness (QED) is 0.363. The third-order valence-corrected chi connectivity index (χ3v) is 4.67. The van der Waals surface area contributed by atoms with Gasteiger partial charge in [0.05, 0.1) is 23.0 Å². The van der Waals surface area contributed by atoms with Gasteiger partial charge in [-0.25, -0.2) is 14.8 Å². The van der Waals surface area contributed by atoms with Crippen LogP contribution in [0.15, 0.2) is 84.0 Å². The molecular formula is C23H15ClFN3O. The Hall–Kier alpha value is -3.57. The average molecular weight is 404 g/mol. The van der Waals surface area contributed by atoms with E-state index in [9.17, 15) is 9.18 Å². The van der Waals surface area contributed by atoms with E-state index in [0.717, 1.165) is 5.56 Å². The van der Waals surface area contributed by atoms with Gasteiger partial charge in [0.2, 0.25) is 0 Å². The maximum Gasteiger partial charge on any atom is 0.272 e. The third kappa shape index (κ3) is 4.15. The van der Waals surface area contributed by atoms with Crippen molar-refractivity contribution >= 4 is 34.6 Å². The summed E-state index contributed by atoms with van der Waals surface area (Å²) in [4.78, 5) is 17.5. The summed E-state index contributed by atoms with van der Waals surface area (Å²) in [5.74, 6) is -0.769. The molecule has 4 rings (SSSR count). The minimum atomic E-state index is -0.399. The van der Waals surface area contributed by atoms with Gasteiger partial charge in [-0.15, -0.1) is 0 Å². The van der Waals surface area contributed by atoms with Crippen molar-refractivity contribution in [3.05, 3.63) is 101 Å². The van der Waals surface area contributed by atoms with Gasteiger partial charge in [-0.3, -0.25) is 4.79 Å². The number of hydrogen-bond acceptors (Lipinski definition) is 3. The van der Waals surface area contributed by atoms with E-state index in [1.807, 2.05) is 42.5 Å². The van der Waals surface area contributed by atoms with Crippen LogP contribution in [0.3, 0.4) is 0 Å². The molecule has 0 saturated heterocycles. The molecule has 0 saturated carbocycles. The highest BCUT2D eigenvalue weighted by atomic mass is 35.5. The Labute approximate surface area is 171 Å². The molecule has 0 aliphatic rings. The number of nitrogens with zero attached hydrogens (tertiary/aromatic N) is 2. The monoisotopic (exact) mass is 403 g/mol. The number of hydrazone groups is 1. The molecule has 142 valence electrons. The van der Waals surface area contributed by atoms with Gasteiger partial charge in [0, 0.05) is 16.0 Å². The molecule has 3 aromatic carbocycles. The molecule has 0 bridgehead atoms. The molecule has 1 heterocycles. The largest absolute Gasteiger partial charge is 0.272 e. The Kier molecular flexibility index (Phi) is 5.31. The minimum Gasteiger partial charge on any atom is -0.267 e. The molecule has 0 aliphatic heterocycles. The molecule has 1 amide bonds. The molecule has 0 spiro atoms. The lowest BCUT2D eigenvalue weighted by atomic mass is 10.0. The highest BCUT2D eigenvalue weighted by Gasteiger charge is 2.14. The van der Waals surface area contributed by atoms with Crippen molar-refractivity contribution in [3.8, 4) is 11.3 Å². The lowest BCUT2D eigenvalue weighted by molar-refractivity contribution is 0.0956. The Bertz CT molecular complexity index is 1240. The van der Waals surface area contributed by atoms with E-state index in [0.29, 0.717) is 32.7 Å². The van der Waals surface area contributed by atoms with E-state index in [4.69, 9.17) is 11.6 Å². The summed E-state index contributed by atoms with van der Waals surface area (Å²) in [6, 6.07) is 22.3. The van der Waals surface area contributed by atoms with E-state index in [1.54, 1.807) is 24.3 Å². The number of halogens is 2. The zero-order valence-electron chi connectivity index (χ0n) is 15.1. The normalized spacial score (nSPS) is 11.1. The van der Waals surface area contributed by atoms with Crippen molar-refractivity contribution < 1.29 is 9.18 Å². The molecule has 1 N–H and O–H groups in total. The Balaban J connectivity index is 1.70. The van der Waals surface area contributed by atoms with Gasteiger partial charge >= 0.3 is 0 Å². The molecular weight excluding hydrogens is 389 g/mol. The zero-order chi connectivity index (χ0) is 20.2. The van der Waals surface area contributed by atoms with Crippen LogP contribution >= 0.6 is 11.6 Å². The van der Waals surface area contributed by atoms with Gasteiger partial charge < -0.3 is 0 Å². The van der Waals surface area contributed by atoms with Crippen LogP contribution in [0.4, 0.5) is 4.39 Å². The lowest BCUT2D eigenvalue weighted by Gasteiger charge is -2.10. The molecule has 0 radical (unpaired) electrons. The number of fused-ring (bicyclic) bond motifs is 1. The molecule has 4 nitrogen and oxygen atoms in total. The predicted molar refractivity (Wildman–Crippen MR) is 114 cm³/mol. The van der Waals surface area contributed by atoms with E-state index in [1.165, 1.54) is 18.3 Å². The van der Waals surface area contributed by atoms with Crippen molar-refractivity contribution in [2.75, 3.05) is 0 Å². The summed E-state index contributed by atoms with van der Waals surface area (Å²) >= 11 is 6.31. The van der Waals surface area contributed by atoms with Crippen molar-refractivity contribution in [1.29, 1.82) is 0 Å². The number of rotatable bonds is 4. The number of amides is 1. The maximum absolute atomic E-state index is 13.3. The second kappa shape index (κ2) is 8.20. The molecule has 0 fully saturated rings. The highest BCUT2D eigenvalue weighted by molar-refractivity contribution is 6.33. The van der Waals surface area contributed by atoms with E-state index < -0.39 is 5.91 Å². The van der Waals surface area contributed by atoms with Gasteiger partial charge in [-0.2, -0.15) is 5.10 Å². The van der Waals surface area contributed by atoms with E-state index in [2.05, 4.69) is 15.5 Å². The van der Waals surface area contributed by atoms with E-state index in [-0.39, 0.29) is 5.82 Å². The number of hydrogen-bond donors (Lipinski definition) is 1. The lowest BCUT2D eigenvalue weighted by Crippen LogP contribution is -2.18. The fraction of sp³-hybridized carbons (Fsp3) is 0. The van der Waals surface area contributed by atoms with Crippen LogP contribution in [0.25, 0.3) is 22.2 Å². The van der Waals surface area contributed by atoms with Crippen LogP contribution in [-0.2, 0) is 0 Å². The molecule has 4 aromatic rings. The van der Waals surface area contributed by atoms with Crippen molar-refractivity contribution in [3.63, 3.8) is 0 Å². The molecule has 6 heteroatoms. The standard InChI is InChI=1S/C23H15ClFN3O/c24-20-10-3-1-9-18(20)22-13-19(17-8-2-4-11-21(17)27-22)23(29)28-26-14-15-6-5-7-16(25)12-15/h1-14H,(H,28,29)/b26-14-. The van der Waals surface area contributed by atoms with Gasteiger partial charge in [-0.05, 0) is 35.9 Å². The second-order valence-electron chi connectivity index (χ2n) is 6.31. The van der Waals surface area contributed by atoms with Gasteiger partial charge in [-0.1, -0.05) is 60.1 Å². The first-order valence-corrected chi connectivity index (χ1v) is 9.23. The average Bonchev–Trinajstić information content (AvgIpc) is 2.73. The first-order chi connectivity index (χ1) is 14.1. The van der Waals surface area contributed by atoms with Crippen LogP contribution in [0.2, 0.25) is 5.02 Å². The van der Waals surface area contributed by atoms with Crippen molar-refractivity contribution in [1.82, 2.24) is 10.4 Å². The first kappa shape index (κ1) is 18.8. The van der Waals surface area contributed by atoms with Crippen molar-refractivity contribution in [2.45, 2.75) is 0 Å². The van der Waals surface area contributed by atoms with Crippen LogP contribution in [0.1, 0.15) is 15.9 Å². The SMILES string of the molecule is O=C(N/N=C\c1cccc(F)c1)c1cc(-c2ccccc2Cl)nc2ccccc12. The van der Waals surface area contributed by atoms with Gasteiger partial charge in [0.1, 0.15) is 5.82 Å². The summed E-state index contributed by atoms with van der Waals surface area (Å²) in [7, 11) is 0. The number of pyridine rings is 1. The smallest absolute Gasteiger partial charge is 0.267 e. The third-order valence-electron chi connectivity index (χ3n) is 4.34. The predicted octanol–water partition coefficient (Wildman–Crippen LogP) is 5.46. The minimum absolute atomic E-state index is 0.371. The molecule has 29 heavy (non-hydrogen) atoms. The summed E-state index contributed by atoms with van der Waals surface area (Å²) in [5.41, 5.74) is 5.46. The number of carbonyl (C=O) groups is 1. The zero-order valence-corrected chi connectivity index (χ0v) is 15.9. The number of nitrogens with one attached hydrogen (secondary N) is 1. The van der Waals surface area contributed by atoms with Crippen LogP contribution in [-0.4, -0.2) is 17.1 Å². The van der Waals surface area contributed by atoms with Crippen LogP contribution in [0.5, 0.6) is 0 Å². The Morgan fingerprint density at radius 1 is 1.00 bits per heavy atom. The summed E-state index contributed by atoms with van der Waals surface area (Å²) in [5, 5.41) is 5.19. The van der Waals surface area contributed by atoms with Gasteiger partial charge in [0.15, 0.2) is 0 Å². The summed E-state index contributed by atoms with van der Waals surface area (Å²) in [6.07, 6.45) is 1.39. The second-order valence-corrected chi connectivity index (χ2v) is 6.71. The van der Waals surface area contributed by atoms with Crippen molar-refractivity contribution in [2.24, 2.45) is 5.10 Å². The fourth-order valence-electron chi connectivity index (χ4n) is 2.98. The number of para-hydroxylation sites is 1. The van der Waals surface area contributed by atoms with Gasteiger partial charge in [0.25, 0.3) is 5.91 Å². The molecule has 0 unspecified atom stereocenters. The number of carbonyl (C=O) groups excluding carboxylic acids is 1. The topological polar surface area (TPSA) is 54.4 Å². The molecule has 0 atom stereocenters.